The molecule has 4 nitrogen and oxygen atoms in total. The van der Waals surface area contributed by atoms with E-state index in [1.54, 1.807) is 37.4 Å². The maximum atomic E-state index is 13.4. The number of rotatable bonds is 7. The summed E-state index contributed by atoms with van der Waals surface area (Å²) in [5.74, 6) is 0.121. The molecule has 0 bridgehead atoms. The van der Waals surface area contributed by atoms with Gasteiger partial charge in [-0.15, -0.1) is 0 Å². The third-order valence-corrected chi connectivity index (χ3v) is 6.13. The van der Waals surface area contributed by atoms with Gasteiger partial charge in [0.15, 0.2) is 5.78 Å². The van der Waals surface area contributed by atoms with Gasteiger partial charge in [-0.05, 0) is 72.0 Å². The molecule has 0 unspecified atom stereocenters. The van der Waals surface area contributed by atoms with E-state index in [0.717, 1.165) is 17.5 Å². The van der Waals surface area contributed by atoms with Crippen molar-refractivity contribution in [3.63, 3.8) is 0 Å². The van der Waals surface area contributed by atoms with Crippen LogP contribution in [0.5, 0.6) is 0 Å². The van der Waals surface area contributed by atoms with E-state index in [4.69, 9.17) is 16.0 Å². The molecule has 1 amide bonds. The van der Waals surface area contributed by atoms with E-state index >= 15 is 0 Å². The molecule has 174 valence electrons. The number of amides is 1. The van der Waals surface area contributed by atoms with Crippen molar-refractivity contribution in [2.24, 2.45) is 5.92 Å². The molecule has 4 aromatic rings. The predicted octanol–water partition coefficient (Wildman–Crippen LogP) is 7.54. The van der Waals surface area contributed by atoms with Gasteiger partial charge in [0.25, 0.3) is 5.91 Å². The Hall–Kier alpha value is -3.44. The summed E-state index contributed by atoms with van der Waals surface area (Å²) in [7, 11) is 1.55. The summed E-state index contributed by atoms with van der Waals surface area (Å²) in [4.78, 5) is 25.6. The van der Waals surface area contributed by atoms with Gasteiger partial charge < -0.3 is 9.73 Å². The van der Waals surface area contributed by atoms with Crippen LogP contribution in [0.1, 0.15) is 47.4 Å². The molecule has 0 atom stereocenters. The molecule has 0 aliphatic carbocycles. The first kappa shape index (κ1) is 23.7. The topological polar surface area (TPSA) is 59.3 Å². The van der Waals surface area contributed by atoms with Gasteiger partial charge in [-0.2, -0.15) is 0 Å². The van der Waals surface area contributed by atoms with Crippen molar-refractivity contribution in [1.29, 1.82) is 0 Å². The summed E-state index contributed by atoms with van der Waals surface area (Å²) in [5.41, 5.74) is 3.62. The van der Waals surface area contributed by atoms with Gasteiger partial charge in [-0.1, -0.05) is 37.6 Å². The molecule has 0 aliphatic rings. The maximum Gasteiger partial charge on any atom is 0.255 e. The van der Waals surface area contributed by atoms with Crippen LogP contribution in [0.3, 0.4) is 0 Å². The number of ketones is 1. The van der Waals surface area contributed by atoms with Crippen LogP contribution in [-0.2, 0) is 0 Å². The molecule has 1 aromatic heterocycles. The lowest BCUT2D eigenvalue weighted by molar-refractivity contribution is 0.0960. The number of nitrogens with one attached hydrogen (secondary N) is 1. The van der Waals surface area contributed by atoms with Crippen molar-refractivity contribution in [3.05, 3.63) is 82.6 Å². The molecular formula is C28H25ClFNO3. The van der Waals surface area contributed by atoms with Crippen LogP contribution in [-0.4, -0.2) is 18.7 Å². The molecule has 0 spiro atoms. The summed E-state index contributed by atoms with van der Waals surface area (Å²) < 4.78 is 19.5. The monoisotopic (exact) mass is 477 g/mol. The van der Waals surface area contributed by atoms with Crippen LogP contribution in [0.2, 0.25) is 5.02 Å². The van der Waals surface area contributed by atoms with Crippen molar-refractivity contribution in [1.82, 2.24) is 5.32 Å². The highest BCUT2D eigenvalue weighted by atomic mass is 35.5. The number of fused-ring (bicyclic) bond motifs is 1. The zero-order chi connectivity index (χ0) is 24.4. The van der Waals surface area contributed by atoms with Crippen LogP contribution < -0.4 is 5.32 Å². The molecule has 1 N–H and O–H groups in total. The van der Waals surface area contributed by atoms with Crippen LogP contribution in [0.25, 0.3) is 33.4 Å². The minimum atomic E-state index is -0.370. The van der Waals surface area contributed by atoms with E-state index in [-0.39, 0.29) is 17.5 Å². The smallest absolute Gasteiger partial charge is 0.255 e. The first-order chi connectivity index (χ1) is 16.3. The molecular weight excluding hydrogens is 453 g/mol. The van der Waals surface area contributed by atoms with E-state index in [2.05, 4.69) is 19.2 Å². The predicted molar refractivity (Wildman–Crippen MR) is 134 cm³/mol. The standard InChI is InChI=1S/C28H25ClFNO3/c1-16(2)4-12-24(32)21-14-18(7-11-23(21)29)19-8-13-25-22(15-19)26(28(33)31-3)27(34-25)17-5-9-20(30)10-6-17/h5-11,13-16H,4,12H2,1-3H3,(H,31,33). The van der Waals surface area contributed by atoms with Gasteiger partial charge in [0, 0.05) is 30.0 Å². The lowest BCUT2D eigenvalue weighted by atomic mass is 9.96. The molecule has 0 fully saturated rings. The number of hydrogen-bond acceptors (Lipinski definition) is 3. The number of Topliss-reactive ketones (excluding diaryl/α,β-unsaturated/α-hetero) is 1. The summed E-state index contributed by atoms with van der Waals surface area (Å²) >= 11 is 6.34. The van der Waals surface area contributed by atoms with Gasteiger partial charge in [-0.3, -0.25) is 9.59 Å². The molecule has 0 saturated carbocycles. The van der Waals surface area contributed by atoms with Crippen LogP contribution in [0.15, 0.2) is 65.1 Å². The van der Waals surface area contributed by atoms with Gasteiger partial charge in [0.1, 0.15) is 17.2 Å². The fraction of sp³-hybridized carbons (Fsp3) is 0.214. The third kappa shape index (κ3) is 4.75. The molecule has 1 heterocycles. The average molecular weight is 478 g/mol. The maximum absolute atomic E-state index is 13.4. The number of halogens is 2. The van der Waals surface area contributed by atoms with Crippen LogP contribution >= 0.6 is 11.6 Å². The van der Waals surface area contributed by atoms with Crippen molar-refractivity contribution >= 4 is 34.3 Å². The Balaban J connectivity index is 1.81. The minimum absolute atomic E-state index is 0.00888. The third-order valence-electron chi connectivity index (χ3n) is 5.80. The Morgan fingerprint density at radius 1 is 0.971 bits per heavy atom. The van der Waals surface area contributed by atoms with Crippen molar-refractivity contribution in [2.75, 3.05) is 7.05 Å². The second-order valence-corrected chi connectivity index (χ2v) is 9.06. The van der Waals surface area contributed by atoms with Crippen molar-refractivity contribution < 1.29 is 18.4 Å². The zero-order valence-corrected chi connectivity index (χ0v) is 20.0. The second kappa shape index (κ2) is 9.82. The summed E-state index contributed by atoms with van der Waals surface area (Å²) in [6.45, 7) is 4.16. The van der Waals surface area contributed by atoms with Gasteiger partial charge in [0.05, 0.1) is 10.6 Å². The average Bonchev–Trinajstić information content (AvgIpc) is 3.21. The highest BCUT2D eigenvalue weighted by molar-refractivity contribution is 6.34. The van der Waals surface area contributed by atoms with E-state index in [1.807, 2.05) is 18.2 Å². The highest BCUT2D eigenvalue weighted by Crippen LogP contribution is 2.37. The number of carbonyl (C=O) groups is 2. The van der Waals surface area contributed by atoms with Gasteiger partial charge in [0.2, 0.25) is 0 Å². The SMILES string of the molecule is CNC(=O)c1c(-c2ccc(F)cc2)oc2ccc(-c3ccc(Cl)c(C(=O)CCC(C)C)c3)cc12. The Kier molecular flexibility index (Phi) is 6.85. The molecule has 3 aromatic carbocycles. The molecule has 4 rings (SSSR count). The summed E-state index contributed by atoms with van der Waals surface area (Å²) in [6.07, 6.45) is 1.23. The Bertz CT molecular complexity index is 1370. The van der Waals surface area contributed by atoms with Crippen LogP contribution in [0, 0.1) is 11.7 Å². The first-order valence-corrected chi connectivity index (χ1v) is 11.5. The Labute approximate surface area is 202 Å². The van der Waals surface area contributed by atoms with Gasteiger partial charge in [-0.25, -0.2) is 4.39 Å². The van der Waals surface area contributed by atoms with E-state index in [0.29, 0.717) is 50.8 Å². The zero-order valence-electron chi connectivity index (χ0n) is 19.2. The Morgan fingerprint density at radius 2 is 1.62 bits per heavy atom. The first-order valence-electron chi connectivity index (χ1n) is 11.2. The number of furan rings is 1. The summed E-state index contributed by atoms with van der Waals surface area (Å²) in [5, 5.41) is 3.71. The lowest BCUT2D eigenvalue weighted by Gasteiger charge is -2.09. The number of carbonyl (C=O) groups excluding carboxylic acids is 2. The molecule has 0 saturated heterocycles. The number of benzene rings is 3. The largest absolute Gasteiger partial charge is 0.455 e. The molecule has 0 aliphatic heterocycles. The fourth-order valence-electron chi connectivity index (χ4n) is 3.91. The second-order valence-electron chi connectivity index (χ2n) is 8.65. The van der Waals surface area contributed by atoms with E-state index < -0.39 is 0 Å². The number of hydrogen-bond donors (Lipinski definition) is 1. The van der Waals surface area contributed by atoms with Gasteiger partial charge >= 0.3 is 0 Å². The molecule has 34 heavy (non-hydrogen) atoms. The summed E-state index contributed by atoms with van der Waals surface area (Å²) in [6, 6.07) is 16.7. The normalized spacial score (nSPS) is 11.2. The Morgan fingerprint density at radius 3 is 2.29 bits per heavy atom. The molecule has 6 heteroatoms. The minimum Gasteiger partial charge on any atom is -0.455 e. The van der Waals surface area contributed by atoms with Crippen molar-refractivity contribution in [2.45, 2.75) is 26.7 Å². The quantitative estimate of drug-likeness (QED) is 0.280. The lowest BCUT2D eigenvalue weighted by Crippen LogP contribution is -2.18. The van der Waals surface area contributed by atoms with E-state index in [9.17, 15) is 14.0 Å². The highest BCUT2D eigenvalue weighted by Gasteiger charge is 2.22. The molecule has 0 radical (unpaired) electrons. The van der Waals surface area contributed by atoms with E-state index in [1.165, 1.54) is 12.1 Å². The fourth-order valence-corrected chi connectivity index (χ4v) is 4.13. The van der Waals surface area contributed by atoms with Crippen LogP contribution in [0.4, 0.5) is 4.39 Å². The van der Waals surface area contributed by atoms with Crippen molar-refractivity contribution in [3.8, 4) is 22.5 Å².